The number of sulfonamides is 1. The van der Waals surface area contributed by atoms with E-state index in [4.69, 9.17) is 0 Å². The maximum absolute atomic E-state index is 13.1. The SMILES string of the molecule is Cc1ccc(S(=O)(=O)N2CCC(C(=O)NC(c3ccccc3)C3CC3C)CC2)c(C)c1. The van der Waals surface area contributed by atoms with Gasteiger partial charge in [-0.2, -0.15) is 4.31 Å². The van der Waals surface area contributed by atoms with E-state index in [1.807, 2.05) is 44.2 Å². The molecule has 166 valence electrons. The van der Waals surface area contributed by atoms with Crippen LogP contribution in [0.5, 0.6) is 0 Å². The normalized spacial score (nSPS) is 23.3. The number of carbonyl (C=O) groups excluding carboxylic acids is 1. The number of piperidine rings is 1. The van der Waals surface area contributed by atoms with E-state index >= 15 is 0 Å². The summed E-state index contributed by atoms with van der Waals surface area (Å²) in [5.74, 6) is 1.01. The minimum atomic E-state index is -3.53. The molecule has 1 N–H and O–H groups in total. The molecule has 0 spiro atoms. The van der Waals surface area contributed by atoms with Gasteiger partial charge in [-0.15, -0.1) is 0 Å². The molecule has 6 heteroatoms. The molecule has 1 saturated carbocycles. The monoisotopic (exact) mass is 440 g/mol. The van der Waals surface area contributed by atoms with Gasteiger partial charge in [0.05, 0.1) is 10.9 Å². The second-order valence-corrected chi connectivity index (χ2v) is 11.1. The summed E-state index contributed by atoms with van der Waals surface area (Å²) in [5, 5.41) is 3.29. The fourth-order valence-electron chi connectivity index (χ4n) is 4.77. The molecule has 4 rings (SSSR count). The second kappa shape index (κ2) is 8.75. The Morgan fingerprint density at radius 1 is 1.06 bits per heavy atom. The zero-order valence-electron chi connectivity index (χ0n) is 18.5. The molecule has 3 atom stereocenters. The number of nitrogens with zero attached hydrogens (tertiary/aromatic N) is 1. The molecule has 0 bridgehead atoms. The maximum Gasteiger partial charge on any atom is 0.243 e. The number of rotatable bonds is 6. The Kier molecular flexibility index (Phi) is 6.22. The number of amides is 1. The van der Waals surface area contributed by atoms with Crippen LogP contribution in [0.3, 0.4) is 0 Å². The lowest BCUT2D eigenvalue weighted by molar-refractivity contribution is -0.127. The number of hydrogen-bond donors (Lipinski definition) is 1. The molecule has 2 aromatic rings. The van der Waals surface area contributed by atoms with Crippen molar-refractivity contribution >= 4 is 15.9 Å². The number of hydrogen-bond acceptors (Lipinski definition) is 3. The van der Waals surface area contributed by atoms with E-state index in [9.17, 15) is 13.2 Å². The molecule has 1 saturated heterocycles. The highest BCUT2D eigenvalue weighted by atomic mass is 32.2. The average molecular weight is 441 g/mol. The Morgan fingerprint density at radius 3 is 2.29 bits per heavy atom. The van der Waals surface area contributed by atoms with E-state index in [1.165, 1.54) is 4.31 Å². The van der Waals surface area contributed by atoms with Gasteiger partial charge in [-0.1, -0.05) is 55.0 Å². The van der Waals surface area contributed by atoms with Crippen LogP contribution in [0.1, 0.15) is 48.9 Å². The lowest BCUT2D eigenvalue weighted by Crippen LogP contribution is -2.44. The number of carbonyl (C=O) groups is 1. The molecule has 3 unspecified atom stereocenters. The maximum atomic E-state index is 13.1. The van der Waals surface area contributed by atoms with Gasteiger partial charge in [-0.3, -0.25) is 4.79 Å². The predicted octanol–water partition coefficient (Wildman–Crippen LogP) is 4.22. The largest absolute Gasteiger partial charge is 0.349 e. The molecule has 2 fully saturated rings. The summed E-state index contributed by atoms with van der Waals surface area (Å²) in [6.07, 6.45) is 2.24. The molecule has 1 heterocycles. The molecule has 5 nitrogen and oxygen atoms in total. The summed E-state index contributed by atoms with van der Waals surface area (Å²) in [6.45, 7) is 6.78. The first-order chi connectivity index (χ1) is 14.8. The van der Waals surface area contributed by atoms with Crippen molar-refractivity contribution in [3.63, 3.8) is 0 Å². The summed E-state index contributed by atoms with van der Waals surface area (Å²) in [5.41, 5.74) is 2.97. The Morgan fingerprint density at radius 2 is 1.71 bits per heavy atom. The molecular formula is C25H32N2O3S. The van der Waals surface area contributed by atoms with Gasteiger partial charge >= 0.3 is 0 Å². The molecule has 1 aliphatic heterocycles. The smallest absolute Gasteiger partial charge is 0.243 e. The highest BCUT2D eigenvalue weighted by Crippen LogP contribution is 2.47. The second-order valence-electron chi connectivity index (χ2n) is 9.22. The highest BCUT2D eigenvalue weighted by molar-refractivity contribution is 7.89. The minimum Gasteiger partial charge on any atom is -0.349 e. The van der Waals surface area contributed by atoms with Gasteiger partial charge in [-0.25, -0.2) is 8.42 Å². The van der Waals surface area contributed by atoms with E-state index in [-0.39, 0.29) is 17.9 Å². The summed E-state index contributed by atoms with van der Waals surface area (Å²) >= 11 is 0. The quantitative estimate of drug-likeness (QED) is 0.731. The zero-order valence-corrected chi connectivity index (χ0v) is 19.4. The number of benzene rings is 2. The van der Waals surface area contributed by atoms with E-state index in [0.717, 1.165) is 23.1 Å². The lowest BCUT2D eigenvalue weighted by atomic mass is 9.95. The summed E-state index contributed by atoms with van der Waals surface area (Å²) in [6, 6.07) is 15.6. The van der Waals surface area contributed by atoms with Gasteiger partial charge in [-0.05, 0) is 62.1 Å². The summed E-state index contributed by atoms with van der Waals surface area (Å²) in [4.78, 5) is 13.4. The first-order valence-corrected chi connectivity index (χ1v) is 12.6. The van der Waals surface area contributed by atoms with Crippen LogP contribution < -0.4 is 5.32 Å². The van der Waals surface area contributed by atoms with Gasteiger partial charge in [0.1, 0.15) is 0 Å². The van der Waals surface area contributed by atoms with Crippen molar-refractivity contribution in [2.75, 3.05) is 13.1 Å². The predicted molar refractivity (Wildman–Crippen MR) is 122 cm³/mol. The Hall–Kier alpha value is -2.18. The molecule has 1 aliphatic carbocycles. The van der Waals surface area contributed by atoms with Crippen LogP contribution in [-0.2, 0) is 14.8 Å². The van der Waals surface area contributed by atoms with Crippen LogP contribution in [0.25, 0.3) is 0 Å². The lowest BCUT2D eigenvalue weighted by Gasteiger charge is -2.32. The van der Waals surface area contributed by atoms with E-state index in [2.05, 4.69) is 24.4 Å². The minimum absolute atomic E-state index is 0.0423. The van der Waals surface area contributed by atoms with Crippen LogP contribution in [-0.4, -0.2) is 31.7 Å². The van der Waals surface area contributed by atoms with Gasteiger partial charge < -0.3 is 5.32 Å². The van der Waals surface area contributed by atoms with Gasteiger partial charge in [0, 0.05) is 19.0 Å². The Balaban J connectivity index is 1.40. The number of nitrogens with one attached hydrogen (secondary N) is 1. The van der Waals surface area contributed by atoms with E-state index in [0.29, 0.717) is 42.7 Å². The third kappa shape index (κ3) is 4.70. The van der Waals surface area contributed by atoms with Crippen LogP contribution in [0, 0.1) is 31.6 Å². The Bertz CT molecular complexity index is 1040. The van der Waals surface area contributed by atoms with Gasteiger partial charge in [0.15, 0.2) is 0 Å². The first kappa shape index (κ1) is 22.0. The highest BCUT2D eigenvalue weighted by Gasteiger charge is 2.42. The first-order valence-electron chi connectivity index (χ1n) is 11.2. The number of aryl methyl sites for hydroxylation is 2. The van der Waals surface area contributed by atoms with E-state index in [1.54, 1.807) is 6.07 Å². The van der Waals surface area contributed by atoms with Crippen LogP contribution in [0.4, 0.5) is 0 Å². The molecule has 0 aromatic heterocycles. The van der Waals surface area contributed by atoms with Crippen LogP contribution >= 0.6 is 0 Å². The Labute approximate surface area is 185 Å². The summed E-state index contributed by atoms with van der Waals surface area (Å²) in [7, 11) is -3.53. The third-order valence-corrected chi connectivity index (χ3v) is 8.89. The third-order valence-electron chi connectivity index (χ3n) is 6.83. The van der Waals surface area contributed by atoms with Crippen molar-refractivity contribution in [3.05, 3.63) is 65.2 Å². The molecule has 1 amide bonds. The molecule has 31 heavy (non-hydrogen) atoms. The van der Waals surface area contributed by atoms with Crippen molar-refractivity contribution in [1.29, 1.82) is 0 Å². The fourth-order valence-corrected chi connectivity index (χ4v) is 6.45. The fraction of sp³-hybridized carbons (Fsp3) is 0.480. The van der Waals surface area contributed by atoms with Crippen LogP contribution in [0.15, 0.2) is 53.4 Å². The zero-order chi connectivity index (χ0) is 22.2. The van der Waals surface area contributed by atoms with Crippen molar-refractivity contribution in [2.45, 2.75) is 51.0 Å². The molecular weight excluding hydrogens is 408 g/mol. The van der Waals surface area contributed by atoms with Crippen molar-refractivity contribution in [3.8, 4) is 0 Å². The van der Waals surface area contributed by atoms with Crippen molar-refractivity contribution < 1.29 is 13.2 Å². The van der Waals surface area contributed by atoms with Crippen molar-refractivity contribution in [1.82, 2.24) is 9.62 Å². The summed E-state index contributed by atoms with van der Waals surface area (Å²) < 4.78 is 27.8. The van der Waals surface area contributed by atoms with E-state index < -0.39 is 10.0 Å². The molecule has 2 aliphatic rings. The van der Waals surface area contributed by atoms with Crippen molar-refractivity contribution in [2.24, 2.45) is 17.8 Å². The molecule has 2 aromatic carbocycles. The van der Waals surface area contributed by atoms with Gasteiger partial charge in [0.2, 0.25) is 15.9 Å². The topological polar surface area (TPSA) is 66.5 Å². The average Bonchev–Trinajstić information content (AvgIpc) is 3.48. The van der Waals surface area contributed by atoms with Gasteiger partial charge in [0.25, 0.3) is 0 Å². The molecule has 0 radical (unpaired) electrons. The standard InChI is InChI=1S/C25H32N2O3S/c1-17-9-10-23(19(3)15-17)31(29,30)27-13-11-21(12-14-27)25(28)26-24(22-16-18(22)2)20-7-5-4-6-8-20/h4-10,15,18,21-22,24H,11-14,16H2,1-3H3,(H,26,28). The van der Waals surface area contributed by atoms with Crippen LogP contribution in [0.2, 0.25) is 0 Å².